The maximum atomic E-state index is 14.8. The van der Waals surface area contributed by atoms with Gasteiger partial charge in [-0.2, -0.15) is 0 Å². The van der Waals surface area contributed by atoms with Gasteiger partial charge in [-0.05, 0) is 76.5 Å². The fraction of sp³-hybridized carbons (Fsp3) is 0.703. The second-order valence-corrected chi connectivity index (χ2v) is 16.1. The van der Waals surface area contributed by atoms with Crippen molar-refractivity contribution in [3.05, 3.63) is 47.0 Å². The van der Waals surface area contributed by atoms with Gasteiger partial charge in [-0.3, -0.25) is 4.79 Å². The van der Waals surface area contributed by atoms with Crippen molar-refractivity contribution < 1.29 is 53.8 Å². The molecule has 4 aliphatic rings. The van der Waals surface area contributed by atoms with E-state index in [0.717, 1.165) is 0 Å². The lowest BCUT2D eigenvalue weighted by Gasteiger charge is -2.67. The van der Waals surface area contributed by atoms with Crippen molar-refractivity contribution in [2.75, 3.05) is 14.2 Å². The van der Waals surface area contributed by atoms with Gasteiger partial charge in [-0.25, -0.2) is 9.59 Å². The summed E-state index contributed by atoms with van der Waals surface area (Å²) in [6, 6.07) is 7.13. The molecule has 12 heteroatoms. The first-order chi connectivity index (χ1) is 22.7. The zero-order valence-corrected chi connectivity index (χ0v) is 30.0. The van der Waals surface area contributed by atoms with E-state index in [1.165, 1.54) is 14.2 Å². The van der Waals surface area contributed by atoms with E-state index in [0.29, 0.717) is 36.0 Å². The minimum atomic E-state index is -2.04. The number of carbonyl (C=O) groups is 3. The molecule has 0 aromatic heterocycles. The van der Waals surface area contributed by atoms with Crippen LogP contribution in [0.15, 0.2) is 41.5 Å². The second-order valence-electron chi connectivity index (χ2n) is 16.1. The van der Waals surface area contributed by atoms with E-state index < -0.39 is 88.0 Å². The van der Waals surface area contributed by atoms with Crippen LogP contribution in [0.2, 0.25) is 0 Å². The predicted octanol–water partition coefficient (Wildman–Crippen LogP) is 3.14. The number of carbonyl (C=O) groups excluding carboxylic acids is 3. The van der Waals surface area contributed by atoms with Crippen LogP contribution in [0.25, 0.3) is 0 Å². The highest BCUT2D eigenvalue weighted by molar-refractivity contribution is 5.93. The van der Waals surface area contributed by atoms with Gasteiger partial charge in [0.05, 0.1) is 29.3 Å². The van der Waals surface area contributed by atoms with Crippen LogP contribution in [0.1, 0.15) is 85.8 Å². The number of ether oxygens (including phenoxy) is 4. The number of esters is 1. The number of Topliss-reactive ketones (excluding diaryl/α,β-unsaturated/α-hetero) is 1. The third-order valence-electron chi connectivity index (χ3n) is 12.1. The summed E-state index contributed by atoms with van der Waals surface area (Å²) in [4.78, 5) is 41.4. The molecule has 0 heterocycles. The lowest BCUT2D eigenvalue weighted by atomic mass is 9.41. The molecule has 12 nitrogen and oxygen atoms in total. The SMILES string of the molecule is CO[C@H]1C(=O)[C@@]2(C)C([C@H](O)[C@]3(O)C[C@H](OC(=O)[C@H](O)[C@@H](NC(=O)OC(C)(C)C)c4ccccc4)C(C)=C1C3(C)C)[C@]1(O)CC[C@@H]1C[C@@H]2OC. The van der Waals surface area contributed by atoms with Crippen molar-refractivity contribution in [2.45, 2.75) is 128 Å². The first-order valence-corrected chi connectivity index (χ1v) is 17.1. The van der Waals surface area contributed by atoms with Gasteiger partial charge < -0.3 is 44.7 Å². The van der Waals surface area contributed by atoms with Crippen molar-refractivity contribution in [2.24, 2.45) is 22.7 Å². The molecule has 11 atom stereocenters. The van der Waals surface area contributed by atoms with Crippen LogP contribution in [0.4, 0.5) is 4.79 Å². The first-order valence-electron chi connectivity index (χ1n) is 17.1. The number of rotatable bonds is 7. The van der Waals surface area contributed by atoms with Crippen LogP contribution in [-0.4, -0.2) is 99.8 Å². The van der Waals surface area contributed by atoms with Crippen LogP contribution in [-0.2, 0) is 28.5 Å². The average Bonchev–Trinajstić information content (AvgIpc) is 3.02. The Balaban J connectivity index is 1.56. The van der Waals surface area contributed by atoms with Gasteiger partial charge in [0.2, 0.25) is 0 Å². The molecule has 0 saturated heterocycles. The topological polar surface area (TPSA) is 181 Å². The summed E-state index contributed by atoms with van der Waals surface area (Å²) in [7, 11) is 2.88. The van der Waals surface area contributed by atoms with Crippen LogP contribution in [0.5, 0.6) is 0 Å². The summed E-state index contributed by atoms with van der Waals surface area (Å²) >= 11 is 0. The van der Waals surface area contributed by atoms with Gasteiger partial charge in [0.1, 0.15) is 23.4 Å². The third-order valence-corrected chi connectivity index (χ3v) is 12.1. The molecule has 49 heavy (non-hydrogen) atoms. The number of ketones is 1. The smallest absolute Gasteiger partial charge is 0.408 e. The number of aliphatic hydroxyl groups excluding tert-OH is 2. The van der Waals surface area contributed by atoms with Gasteiger partial charge in [0, 0.05) is 32.0 Å². The van der Waals surface area contributed by atoms with Crippen molar-refractivity contribution in [1.82, 2.24) is 5.32 Å². The predicted molar refractivity (Wildman–Crippen MR) is 177 cm³/mol. The fourth-order valence-electron chi connectivity index (χ4n) is 9.30. The van der Waals surface area contributed by atoms with Gasteiger partial charge in [-0.15, -0.1) is 0 Å². The maximum Gasteiger partial charge on any atom is 0.408 e. The Morgan fingerprint density at radius 3 is 2.20 bits per heavy atom. The quantitative estimate of drug-likeness (QED) is 0.210. The molecule has 1 aromatic carbocycles. The van der Waals surface area contributed by atoms with E-state index in [1.54, 1.807) is 78.8 Å². The molecule has 272 valence electrons. The van der Waals surface area contributed by atoms with Crippen molar-refractivity contribution >= 4 is 17.8 Å². The molecular weight excluding hydrogens is 634 g/mol. The summed E-state index contributed by atoms with van der Waals surface area (Å²) in [5, 5.41) is 51.3. The summed E-state index contributed by atoms with van der Waals surface area (Å²) in [5.74, 6) is -2.90. The van der Waals surface area contributed by atoms with Crippen LogP contribution < -0.4 is 5.32 Å². The average molecular weight is 688 g/mol. The molecule has 0 spiro atoms. The molecule has 4 aliphatic carbocycles. The molecule has 3 fully saturated rings. The number of hydrogen-bond acceptors (Lipinski definition) is 11. The number of aliphatic hydroxyl groups is 4. The Labute approximate surface area is 288 Å². The van der Waals surface area contributed by atoms with Gasteiger partial charge in [0.25, 0.3) is 0 Å². The number of nitrogens with one attached hydrogen (secondary N) is 1. The van der Waals surface area contributed by atoms with Crippen LogP contribution in [0, 0.1) is 22.7 Å². The zero-order chi connectivity index (χ0) is 36.5. The Kier molecular flexibility index (Phi) is 9.70. The van der Waals surface area contributed by atoms with E-state index >= 15 is 0 Å². The normalized spacial score (nSPS) is 38.1. The maximum absolute atomic E-state index is 14.8. The number of alkyl carbamates (subject to hydrolysis) is 1. The standard InChI is InChI=1S/C37H53NO11/c1-19-22(48-31(42)26(39)25(20-13-11-10-12-14-20)38-32(43)49-33(2,3)4)18-37(45)30(41)28-35(7,23(46-8)17-21-15-16-36(21,28)44)29(40)27(47-9)24(19)34(37,5)6/h10-14,21-23,25-28,30,39,41,44-45H,15-18H2,1-9H3,(H,38,43)/t21-,22+,23+,25+,26-,27-,28?,30+,35-,36+,37-/m1/s1. The summed E-state index contributed by atoms with van der Waals surface area (Å²) in [6.07, 6.45) is -6.41. The Morgan fingerprint density at radius 2 is 1.67 bits per heavy atom. The minimum Gasteiger partial charge on any atom is -0.456 e. The van der Waals surface area contributed by atoms with E-state index in [-0.39, 0.29) is 12.3 Å². The molecule has 5 rings (SSSR count). The molecule has 1 amide bonds. The highest BCUT2D eigenvalue weighted by Gasteiger charge is 2.74. The lowest BCUT2D eigenvalue weighted by molar-refractivity contribution is -0.295. The van der Waals surface area contributed by atoms with Crippen LogP contribution in [0.3, 0.4) is 0 Å². The number of methoxy groups -OCH3 is 2. The molecule has 1 unspecified atom stereocenters. The molecule has 0 radical (unpaired) electrons. The van der Waals surface area contributed by atoms with Gasteiger partial charge >= 0.3 is 12.1 Å². The molecule has 5 N–H and O–H groups in total. The van der Waals surface area contributed by atoms with Crippen molar-refractivity contribution in [1.29, 1.82) is 0 Å². The van der Waals surface area contributed by atoms with E-state index in [2.05, 4.69) is 5.32 Å². The van der Waals surface area contributed by atoms with Gasteiger partial charge in [0.15, 0.2) is 11.9 Å². The molecule has 3 saturated carbocycles. The largest absolute Gasteiger partial charge is 0.456 e. The number of hydrogen-bond donors (Lipinski definition) is 5. The fourth-order valence-corrected chi connectivity index (χ4v) is 9.30. The highest BCUT2D eigenvalue weighted by atomic mass is 16.6. The van der Waals surface area contributed by atoms with E-state index in [9.17, 15) is 34.8 Å². The molecule has 2 bridgehead atoms. The number of benzene rings is 1. The first kappa shape index (κ1) is 37.4. The van der Waals surface area contributed by atoms with Gasteiger partial charge in [-0.1, -0.05) is 44.2 Å². The zero-order valence-electron chi connectivity index (χ0n) is 30.0. The molecule has 0 aliphatic heterocycles. The number of fused-ring (bicyclic) bond motifs is 5. The Morgan fingerprint density at radius 1 is 1.04 bits per heavy atom. The lowest BCUT2D eigenvalue weighted by Crippen LogP contribution is -2.77. The summed E-state index contributed by atoms with van der Waals surface area (Å²) in [5.41, 5.74) is -5.90. The summed E-state index contributed by atoms with van der Waals surface area (Å²) in [6.45, 7) is 11.8. The molecular formula is C37H53NO11. The Hall–Kier alpha value is -2.87. The second kappa shape index (κ2) is 12.7. The summed E-state index contributed by atoms with van der Waals surface area (Å²) < 4.78 is 23.1. The third kappa shape index (κ3) is 5.82. The van der Waals surface area contributed by atoms with Crippen LogP contribution >= 0.6 is 0 Å². The van der Waals surface area contributed by atoms with Crippen molar-refractivity contribution in [3.63, 3.8) is 0 Å². The Bertz CT molecular complexity index is 1490. The highest BCUT2D eigenvalue weighted by Crippen LogP contribution is 2.65. The van der Waals surface area contributed by atoms with E-state index in [1.807, 2.05) is 0 Å². The molecule has 1 aromatic rings. The van der Waals surface area contributed by atoms with E-state index in [4.69, 9.17) is 18.9 Å². The number of amides is 1. The minimum absolute atomic E-state index is 0.249. The monoisotopic (exact) mass is 687 g/mol. The van der Waals surface area contributed by atoms with Crippen molar-refractivity contribution in [3.8, 4) is 0 Å².